The van der Waals surface area contributed by atoms with Crippen LogP contribution in [0.3, 0.4) is 0 Å². The van der Waals surface area contributed by atoms with Crippen molar-refractivity contribution in [2.75, 3.05) is 26.3 Å². The van der Waals surface area contributed by atoms with Crippen LogP contribution in [0, 0.1) is 6.92 Å². The molecule has 1 aromatic heterocycles. The van der Waals surface area contributed by atoms with Gasteiger partial charge in [0.05, 0.1) is 0 Å². The smallest absolute Gasteiger partial charge is 0.191 e. The average Bonchev–Trinajstić information content (AvgIpc) is 3.02. The van der Waals surface area contributed by atoms with E-state index < -0.39 is 0 Å². The Balaban J connectivity index is 0.00000450. The molecule has 2 rings (SSSR count). The Morgan fingerprint density at radius 1 is 1.17 bits per heavy atom. The number of nitrogens with one attached hydrogen (secondary N) is 2. The topological polar surface area (TPSA) is 76.4 Å². The van der Waals surface area contributed by atoms with Crippen LogP contribution in [0.5, 0.6) is 0 Å². The van der Waals surface area contributed by atoms with E-state index in [1.807, 2.05) is 37.6 Å². The highest BCUT2D eigenvalue weighted by Gasteiger charge is 2.06. The van der Waals surface area contributed by atoms with Gasteiger partial charge in [0.1, 0.15) is 12.4 Å². The van der Waals surface area contributed by atoms with Crippen molar-refractivity contribution in [1.29, 1.82) is 0 Å². The number of hydrogen-bond donors (Lipinski definition) is 2. The summed E-state index contributed by atoms with van der Waals surface area (Å²) in [4.78, 5) is 4.65. The van der Waals surface area contributed by atoms with Gasteiger partial charge in [-0.1, -0.05) is 29.3 Å². The van der Waals surface area contributed by atoms with Crippen molar-refractivity contribution < 1.29 is 4.74 Å². The SMILES string of the molecule is CCOCCCNC(=NCc1nnc(C)n1C)NCCCc1ccc(Cl)cc1Cl.I. The molecule has 30 heavy (non-hydrogen) atoms. The summed E-state index contributed by atoms with van der Waals surface area (Å²) in [6.07, 6.45) is 2.70. The van der Waals surface area contributed by atoms with Crippen LogP contribution in [-0.2, 0) is 24.8 Å². The normalized spacial score (nSPS) is 11.3. The van der Waals surface area contributed by atoms with Gasteiger partial charge in [-0.15, -0.1) is 34.2 Å². The molecule has 10 heteroatoms. The molecule has 0 unspecified atom stereocenters. The van der Waals surface area contributed by atoms with E-state index in [1.165, 1.54) is 0 Å². The fourth-order valence-corrected chi connectivity index (χ4v) is 3.15. The molecule has 0 saturated carbocycles. The molecule has 7 nitrogen and oxygen atoms in total. The molecular weight excluding hydrogens is 538 g/mol. The van der Waals surface area contributed by atoms with Gasteiger partial charge in [-0.25, -0.2) is 4.99 Å². The standard InChI is InChI=1S/C20H30Cl2N6O.HI/c1-4-29-12-6-11-24-20(25-14-19-27-26-15(2)28(19)3)23-10-5-7-16-8-9-17(21)13-18(16)22;/h8-9,13H,4-7,10-12,14H2,1-3H3,(H2,23,24,25);1H. The van der Waals surface area contributed by atoms with E-state index in [0.717, 1.165) is 68.7 Å². The van der Waals surface area contributed by atoms with Crippen LogP contribution in [0.15, 0.2) is 23.2 Å². The summed E-state index contributed by atoms with van der Waals surface area (Å²) < 4.78 is 7.33. The zero-order chi connectivity index (χ0) is 21.1. The molecule has 0 saturated heterocycles. The van der Waals surface area contributed by atoms with Crippen LogP contribution in [0.1, 0.15) is 37.0 Å². The van der Waals surface area contributed by atoms with Crippen LogP contribution >= 0.6 is 47.2 Å². The quantitative estimate of drug-likeness (QED) is 0.184. The number of benzene rings is 1. The van der Waals surface area contributed by atoms with Crippen LogP contribution in [-0.4, -0.2) is 47.0 Å². The monoisotopic (exact) mass is 568 g/mol. The minimum atomic E-state index is 0. The second-order valence-corrected chi connectivity index (χ2v) is 7.47. The molecular formula is C20H31Cl2IN6O. The Labute approximate surface area is 206 Å². The number of hydrogen-bond acceptors (Lipinski definition) is 4. The highest BCUT2D eigenvalue weighted by molar-refractivity contribution is 14.0. The lowest BCUT2D eigenvalue weighted by Crippen LogP contribution is -2.39. The number of nitrogens with zero attached hydrogens (tertiary/aromatic N) is 4. The van der Waals surface area contributed by atoms with E-state index in [4.69, 9.17) is 27.9 Å². The lowest BCUT2D eigenvalue weighted by atomic mass is 10.1. The van der Waals surface area contributed by atoms with Crippen LogP contribution in [0.2, 0.25) is 10.0 Å². The van der Waals surface area contributed by atoms with Gasteiger partial charge >= 0.3 is 0 Å². The minimum absolute atomic E-state index is 0. The Bertz CT molecular complexity index is 800. The third-order valence-corrected chi connectivity index (χ3v) is 5.04. The average molecular weight is 569 g/mol. The van der Waals surface area contributed by atoms with E-state index in [9.17, 15) is 0 Å². The zero-order valence-electron chi connectivity index (χ0n) is 17.8. The zero-order valence-corrected chi connectivity index (χ0v) is 21.6. The van der Waals surface area contributed by atoms with E-state index in [1.54, 1.807) is 6.07 Å². The van der Waals surface area contributed by atoms with Gasteiger partial charge in [-0.2, -0.15) is 0 Å². The number of aryl methyl sites for hydroxylation is 2. The summed E-state index contributed by atoms with van der Waals surface area (Å²) in [5.41, 5.74) is 1.09. The second kappa shape index (κ2) is 14.8. The van der Waals surface area contributed by atoms with Crippen molar-refractivity contribution in [2.24, 2.45) is 12.0 Å². The molecule has 1 heterocycles. The number of aromatic nitrogens is 3. The molecule has 0 spiro atoms. The van der Waals surface area contributed by atoms with Crippen molar-refractivity contribution in [3.63, 3.8) is 0 Å². The summed E-state index contributed by atoms with van der Waals surface area (Å²) in [7, 11) is 1.94. The molecule has 0 aliphatic rings. The molecule has 168 valence electrons. The largest absolute Gasteiger partial charge is 0.382 e. The fraction of sp³-hybridized carbons (Fsp3) is 0.550. The first-order valence-corrected chi connectivity index (χ1v) is 10.7. The van der Waals surface area contributed by atoms with E-state index >= 15 is 0 Å². The van der Waals surface area contributed by atoms with E-state index in [2.05, 4.69) is 25.8 Å². The Kier molecular flexibility index (Phi) is 13.3. The summed E-state index contributed by atoms with van der Waals surface area (Å²) in [5, 5.41) is 16.3. The molecule has 0 bridgehead atoms. The summed E-state index contributed by atoms with van der Waals surface area (Å²) >= 11 is 12.2. The van der Waals surface area contributed by atoms with Gasteiger partial charge in [0.15, 0.2) is 11.8 Å². The van der Waals surface area contributed by atoms with Gasteiger partial charge in [-0.3, -0.25) is 0 Å². The second-order valence-electron chi connectivity index (χ2n) is 6.63. The molecule has 0 aliphatic carbocycles. The maximum Gasteiger partial charge on any atom is 0.191 e. The van der Waals surface area contributed by atoms with E-state index in [-0.39, 0.29) is 24.0 Å². The molecule has 2 N–H and O–H groups in total. The number of aliphatic imine (C=N–C) groups is 1. The predicted octanol–water partition coefficient (Wildman–Crippen LogP) is 4.14. The van der Waals surface area contributed by atoms with E-state index in [0.29, 0.717) is 16.6 Å². The predicted molar refractivity (Wildman–Crippen MR) is 134 cm³/mol. The van der Waals surface area contributed by atoms with Crippen molar-refractivity contribution in [3.05, 3.63) is 45.5 Å². The molecule has 0 atom stereocenters. The maximum atomic E-state index is 6.25. The Morgan fingerprint density at radius 3 is 2.53 bits per heavy atom. The summed E-state index contributed by atoms with van der Waals surface area (Å²) in [6.45, 7) is 7.40. The van der Waals surface area contributed by atoms with Crippen molar-refractivity contribution >= 4 is 53.1 Å². The third-order valence-electron chi connectivity index (χ3n) is 4.45. The highest BCUT2D eigenvalue weighted by atomic mass is 127. The number of ether oxygens (including phenoxy) is 1. The van der Waals surface area contributed by atoms with Crippen LogP contribution < -0.4 is 10.6 Å². The van der Waals surface area contributed by atoms with Crippen LogP contribution in [0.25, 0.3) is 0 Å². The first-order valence-electron chi connectivity index (χ1n) is 9.90. The highest BCUT2D eigenvalue weighted by Crippen LogP contribution is 2.21. The van der Waals surface area contributed by atoms with Crippen molar-refractivity contribution in [3.8, 4) is 0 Å². The van der Waals surface area contributed by atoms with Crippen molar-refractivity contribution in [1.82, 2.24) is 25.4 Å². The van der Waals surface area contributed by atoms with Crippen LogP contribution in [0.4, 0.5) is 0 Å². The minimum Gasteiger partial charge on any atom is -0.382 e. The Morgan fingerprint density at radius 2 is 1.90 bits per heavy atom. The summed E-state index contributed by atoms with van der Waals surface area (Å²) in [5.74, 6) is 2.45. The number of halogens is 3. The van der Waals surface area contributed by atoms with Gasteiger partial charge in [0.2, 0.25) is 0 Å². The van der Waals surface area contributed by atoms with Gasteiger partial charge in [-0.05, 0) is 50.8 Å². The lowest BCUT2D eigenvalue weighted by molar-refractivity contribution is 0.145. The first-order chi connectivity index (χ1) is 14.0. The number of guanidine groups is 1. The third kappa shape index (κ3) is 9.36. The van der Waals surface area contributed by atoms with Gasteiger partial charge < -0.3 is 19.9 Å². The maximum absolute atomic E-state index is 6.25. The van der Waals surface area contributed by atoms with Crippen molar-refractivity contribution in [2.45, 2.75) is 39.7 Å². The molecule has 1 aromatic carbocycles. The first kappa shape index (κ1) is 26.9. The molecule has 0 fully saturated rings. The van der Waals surface area contributed by atoms with Gasteiger partial charge in [0.25, 0.3) is 0 Å². The molecule has 2 aromatic rings. The fourth-order valence-electron chi connectivity index (χ4n) is 2.65. The molecule has 0 amide bonds. The Hall–Kier alpha value is -1.10. The molecule has 0 radical (unpaired) electrons. The molecule has 0 aliphatic heterocycles. The summed E-state index contributed by atoms with van der Waals surface area (Å²) in [6, 6.07) is 5.62. The number of rotatable bonds is 11. The lowest BCUT2D eigenvalue weighted by Gasteiger charge is -2.13. The van der Waals surface area contributed by atoms with Gasteiger partial charge in [0, 0.05) is 43.4 Å².